The molecule has 14 heteroatoms. The van der Waals surface area contributed by atoms with Crippen LogP contribution in [-0.4, -0.2) is 24.5 Å². The van der Waals surface area contributed by atoms with E-state index < -0.39 is 46.8 Å². The number of aromatic nitrogens is 1. The molecule has 1 heterocycles. The van der Waals surface area contributed by atoms with Gasteiger partial charge in [-0.05, 0) is 16.5 Å². The molecule has 0 atom stereocenters. The van der Waals surface area contributed by atoms with Crippen molar-refractivity contribution in [3.63, 3.8) is 0 Å². The summed E-state index contributed by atoms with van der Waals surface area (Å²) in [5, 5.41) is 39.3. The fourth-order valence-corrected chi connectivity index (χ4v) is 1.44. The maximum atomic E-state index is 10.5. The summed E-state index contributed by atoms with van der Waals surface area (Å²) in [6.45, 7) is 0. The summed E-state index contributed by atoms with van der Waals surface area (Å²) >= 11 is 5.18. The van der Waals surface area contributed by atoms with Crippen LogP contribution in [0.3, 0.4) is 0 Å². The lowest BCUT2D eigenvalue weighted by atomic mass is 10.4. The highest BCUT2D eigenvalue weighted by Crippen LogP contribution is 2.44. The molecule has 96 valence electrons. The second kappa shape index (κ2) is 4.21. The molecule has 0 fully saturated rings. The number of rotatable bonds is 4. The number of halogens is 1. The van der Waals surface area contributed by atoms with Gasteiger partial charge in [0.05, 0.1) is 9.85 Å². The van der Waals surface area contributed by atoms with E-state index in [2.05, 4.69) is 0 Å². The predicted octanol–water partition coefficient (Wildman–Crippen LogP) is 0.906. The van der Waals surface area contributed by atoms with Crippen LogP contribution in [0.1, 0.15) is 0 Å². The summed E-state index contributed by atoms with van der Waals surface area (Å²) in [7, 11) is 0. The van der Waals surface area contributed by atoms with Gasteiger partial charge in [-0.15, -0.1) is 0 Å². The minimum atomic E-state index is -1.69. The van der Waals surface area contributed by atoms with Gasteiger partial charge >= 0.3 is 22.3 Å². The lowest BCUT2D eigenvalue weighted by Gasteiger charge is -1.90. The van der Waals surface area contributed by atoms with Crippen LogP contribution >= 0.6 is 11.6 Å². The molecule has 0 amide bonds. The molecule has 0 aliphatic carbocycles. The summed E-state index contributed by atoms with van der Waals surface area (Å²) in [5.41, 5.74) is -3.16. The Balaban J connectivity index is 3.92. The number of hydrogen-bond donors (Lipinski definition) is 0. The standard InChI is InChI=1S/C4ClN5O8/c5-3-1(7(11)12)2(8(13)14)4(9(15)16)6(3)10(17)18. The van der Waals surface area contributed by atoms with E-state index in [4.69, 9.17) is 11.6 Å². The maximum Gasteiger partial charge on any atom is 0.476 e. The van der Waals surface area contributed by atoms with Gasteiger partial charge in [-0.2, -0.15) is 0 Å². The summed E-state index contributed by atoms with van der Waals surface area (Å²) < 4.78 is -0.530. The fraction of sp³-hybridized carbons (Fsp3) is 0. The Morgan fingerprint density at radius 3 is 1.56 bits per heavy atom. The van der Waals surface area contributed by atoms with Crippen LogP contribution in [0.2, 0.25) is 5.15 Å². The molecule has 0 N–H and O–H groups in total. The zero-order valence-corrected chi connectivity index (χ0v) is 8.64. The van der Waals surface area contributed by atoms with Crippen LogP contribution in [0.5, 0.6) is 0 Å². The van der Waals surface area contributed by atoms with E-state index in [-0.39, 0.29) is 0 Å². The predicted molar refractivity (Wildman–Crippen MR) is 51.8 cm³/mol. The molecule has 0 aliphatic rings. The molecule has 0 bridgehead atoms. The van der Waals surface area contributed by atoms with Crippen LogP contribution < -0.4 is 0 Å². The molecule has 0 radical (unpaired) electrons. The van der Waals surface area contributed by atoms with E-state index in [1.54, 1.807) is 0 Å². The first-order valence-corrected chi connectivity index (χ1v) is 4.10. The fourth-order valence-electron chi connectivity index (χ4n) is 1.14. The summed E-state index contributed by atoms with van der Waals surface area (Å²) in [6.07, 6.45) is 0. The van der Waals surface area contributed by atoms with Gasteiger partial charge in [-0.1, -0.05) is 0 Å². The molecule has 18 heavy (non-hydrogen) atoms. The van der Waals surface area contributed by atoms with E-state index in [0.717, 1.165) is 0 Å². The number of nitro groups is 4. The Morgan fingerprint density at radius 1 is 0.833 bits per heavy atom. The smallest absolute Gasteiger partial charge is 0.358 e. The van der Waals surface area contributed by atoms with E-state index in [1.165, 1.54) is 0 Å². The topological polar surface area (TPSA) is 177 Å². The van der Waals surface area contributed by atoms with E-state index in [9.17, 15) is 40.5 Å². The van der Waals surface area contributed by atoms with Crippen molar-refractivity contribution in [1.29, 1.82) is 0 Å². The van der Waals surface area contributed by atoms with Crippen LogP contribution in [-0.2, 0) is 0 Å². The van der Waals surface area contributed by atoms with Gasteiger partial charge in [0.25, 0.3) is 5.03 Å². The highest BCUT2D eigenvalue weighted by molar-refractivity contribution is 6.32. The largest absolute Gasteiger partial charge is 0.476 e. The van der Waals surface area contributed by atoms with Gasteiger partial charge in [-0.25, -0.2) is 10.1 Å². The molecule has 1 rings (SSSR count). The maximum absolute atomic E-state index is 10.5. The second-order valence-corrected chi connectivity index (χ2v) is 2.99. The van der Waals surface area contributed by atoms with Crippen molar-refractivity contribution in [2.24, 2.45) is 0 Å². The number of hydrogen-bond acceptors (Lipinski definition) is 8. The Bertz CT molecular complexity index is 541. The molecule has 1 aromatic heterocycles. The van der Waals surface area contributed by atoms with Gasteiger partial charge in [0.2, 0.25) is 0 Å². The average molecular weight is 282 g/mol. The SMILES string of the molecule is O=[N+]([O-])c1c([N+](=O)[O-])c([N+](=O)[O-])n([N+](=O)[O-])c1Cl. The minimum absolute atomic E-state index is 0.530. The van der Waals surface area contributed by atoms with Crippen LogP contribution in [0.25, 0.3) is 0 Å². The Hall–Kier alpha value is -2.83. The summed E-state index contributed by atoms with van der Waals surface area (Å²) in [4.78, 5) is 37.7. The van der Waals surface area contributed by atoms with Crippen LogP contribution in [0.4, 0.5) is 17.2 Å². The quantitative estimate of drug-likeness (QED) is 0.576. The van der Waals surface area contributed by atoms with Crippen molar-refractivity contribution in [2.75, 3.05) is 0 Å². The normalized spacial score (nSPS) is 10.1. The molecule has 0 unspecified atom stereocenters. The molecule has 13 nitrogen and oxygen atoms in total. The average Bonchev–Trinajstić information content (AvgIpc) is 2.51. The first-order chi connectivity index (χ1) is 8.20. The third kappa shape index (κ3) is 1.77. The van der Waals surface area contributed by atoms with E-state index in [1.807, 2.05) is 0 Å². The van der Waals surface area contributed by atoms with Crippen LogP contribution in [0.15, 0.2) is 0 Å². The minimum Gasteiger partial charge on any atom is -0.358 e. The first-order valence-electron chi connectivity index (χ1n) is 3.72. The highest BCUT2D eigenvalue weighted by atomic mass is 35.5. The molecule has 0 aliphatic heterocycles. The van der Waals surface area contributed by atoms with Crippen molar-refractivity contribution < 1.29 is 19.8 Å². The Labute approximate surface area is 99.7 Å². The van der Waals surface area contributed by atoms with E-state index >= 15 is 0 Å². The Kier molecular flexibility index (Phi) is 3.09. The van der Waals surface area contributed by atoms with Crippen LogP contribution in [0, 0.1) is 40.5 Å². The Morgan fingerprint density at radius 2 is 1.28 bits per heavy atom. The van der Waals surface area contributed by atoms with Crippen molar-refractivity contribution in [3.05, 3.63) is 45.6 Å². The molecular formula is C4ClN5O8. The number of nitrogens with zero attached hydrogens (tertiary/aromatic N) is 5. The molecular weight excluding hydrogens is 282 g/mol. The van der Waals surface area contributed by atoms with Crippen molar-refractivity contribution >= 4 is 28.8 Å². The third-order valence-corrected chi connectivity index (χ3v) is 2.06. The second-order valence-electron chi connectivity index (χ2n) is 2.63. The van der Waals surface area contributed by atoms with Crippen molar-refractivity contribution in [2.45, 2.75) is 0 Å². The third-order valence-electron chi connectivity index (χ3n) is 1.72. The molecule has 1 aromatic rings. The highest BCUT2D eigenvalue weighted by Gasteiger charge is 2.52. The van der Waals surface area contributed by atoms with Gasteiger partial charge in [0, 0.05) is 0 Å². The van der Waals surface area contributed by atoms with Gasteiger partial charge in [0.15, 0.2) is 0 Å². The molecule has 0 spiro atoms. The summed E-state index contributed by atoms with van der Waals surface area (Å²) in [5.74, 6) is -1.69. The molecule has 0 saturated carbocycles. The molecule has 0 saturated heterocycles. The van der Waals surface area contributed by atoms with Gasteiger partial charge in [0.1, 0.15) is 4.68 Å². The van der Waals surface area contributed by atoms with Gasteiger partial charge in [-0.3, -0.25) is 20.2 Å². The zero-order valence-electron chi connectivity index (χ0n) is 7.88. The monoisotopic (exact) mass is 281 g/mol. The lowest BCUT2D eigenvalue weighted by molar-refractivity contribution is -0.561. The summed E-state index contributed by atoms with van der Waals surface area (Å²) in [6, 6.07) is 0. The lowest BCUT2D eigenvalue weighted by Crippen LogP contribution is -2.12. The molecule has 0 aromatic carbocycles. The first kappa shape index (κ1) is 13.2. The van der Waals surface area contributed by atoms with Crippen molar-refractivity contribution in [1.82, 2.24) is 4.68 Å². The van der Waals surface area contributed by atoms with Crippen molar-refractivity contribution in [3.8, 4) is 0 Å². The van der Waals surface area contributed by atoms with E-state index in [0.29, 0.717) is 0 Å². The van der Waals surface area contributed by atoms with Gasteiger partial charge < -0.3 is 10.1 Å². The zero-order chi connectivity index (χ0) is 14.2.